The lowest BCUT2D eigenvalue weighted by Gasteiger charge is -2.10. The molecule has 0 saturated heterocycles. The third-order valence-corrected chi connectivity index (χ3v) is 4.58. The summed E-state index contributed by atoms with van der Waals surface area (Å²) >= 11 is 0. The zero-order valence-corrected chi connectivity index (χ0v) is 16.6. The molecule has 1 fully saturated rings. The predicted molar refractivity (Wildman–Crippen MR) is 108 cm³/mol. The summed E-state index contributed by atoms with van der Waals surface area (Å²) in [6, 6.07) is 5.34. The lowest BCUT2D eigenvalue weighted by molar-refractivity contribution is -0.274. The van der Waals surface area contributed by atoms with Crippen LogP contribution >= 0.6 is 0 Å². The molecule has 0 aliphatic heterocycles. The fourth-order valence-electron chi connectivity index (χ4n) is 3.04. The number of nitrogens with one attached hydrogen (secondary N) is 3. The number of aromatic hydroxyl groups is 1. The number of aromatic amines is 2. The minimum atomic E-state index is -4.82. The molecule has 0 amide bonds. The molecule has 4 N–H and O–H groups in total. The molecule has 1 saturated carbocycles. The molecule has 14 heteroatoms. The van der Waals surface area contributed by atoms with Crippen LogP contribution in [0.3, 0.4) is 0 Å². The Labute approximate surface area is 181 Å². The number of ether oxygens (including phenoxy) is 1. The van der Waals surface area contributed by atoms with Gasteiger partial charge in [-0.2, -0.15) is 19.6 Å². The highest BCUT2D eigenvalue weighted by Crippen LogP contribution is 2.26. The van der Waals surface area contributed by atoms with Crippen LogP contribution in [0.5, 0.6) is 11.6 Å². The van der Waals surface area contributed by atoms with Crippen molar-refractivity contribution in [2.75, 3.05) is 5.32 Å². The Bertz CT molecular complexity index is 1520. The van der Waals surface area contributed by atoms with Gasteiger partial charge < -0.3 is 20.1 Å². The van der Waals surface area contributed by atoms with Crippen molar-refractivity contribution < 1.29 is 23.0 Å². The van der Waals surface area contributed by atoms with Crippen molar-refractivity contribution in [3.63, 3.8) is 0 Å². The number of imidazole rings is 1. The average Bonchev–Trinajstić information content (AvgIpc) is 3.36. The van der Waals surface area contributed by atoms with Gasteiger partial charge >= 0.3 is 12.1 Å². The first-order valence-corrected chi connectivity index (χ1v) is 9.69. The quantitative estimate of drug-likeness (QED) is 0.349. The van der Waals surface area contributed by atoms with E-state index < -0.39 is 17.8 Å². The highest BCUT2D eigenvalue weighted by molar-refractivity contribution is 5.60. The van der Waals surface area contributed by atoms with E-state index >= 15 is 0 Å². The van der Waals surface area contributed by atoms with E-state index in [1.54, 1.807) is 0 Å². The number of H-pyrrole nitrogens is 2. The standard InChI is InChI=1S/C19H15F3N8O3/c20-19(21,22)33-12-3-1-2-11(7-12)24-16-27-14-9(6-13-15(31)28-18(32)26-13)8-23-30(14)17(29-16)25-10-4-5-10/h1-3,6-8,10,31H,4-5H2,(H,24,25,29)(H2,26,28,32). The molecular weight excluding hydrogens is 445 g/mol. The minimum Gasteiger partial charge on any atom is -0.493 e. The molecule has 0 unspecified atom stereocenters. The minimum absolute atomic E-state index is 0.0630. The number of hydrogen-bond acceptors (Lipinski definition) is 8. The van der Waals surface area contributed by atoms with Gasteiger partial charge in [-0.3, -0.25) is 4.98 Å². The van der Waals surface area contributed by atoms with Gasteiger partial charge in [-0.05, 0) is 31.1 Å². The van der Waals surface area contributed by atoms with Gasteiger partial charge in [0.1, 0.15) is 11.4 Å². The molecule has 0 bridgehead atoms. The van der Waals surface area contributed by atoms with Gasteiger partial charge in [0.2, 0.25) is 11.8 Å². The largest absolute Gasteiger partial charge is 0.573 e. The molecule has 4 aromatic rings. The maximum absolute atomic E-state index is 12.5. The topological polar surface area (TPSA) is 146 Å². The Morgan fingerprint density at radius 2 is 2.09 bits per heavy atom. The molecule has 33 heavy (non-hydrogen) atoms. The van der Waals surface area contributed by atoms with Gasteiger partial charge in [0, 0.05) is 17.0 Å². The molecule has 1 aliphatic rings. The Morgan fingerprint density at radius 3 is 2.79 bits per heavy atom. The second-order valence-corrected chi connectivity index (χ2v) is 7.23. The van der Waals surface area contributed by atoms with E-state index in [9.17, 15) is 23.1 Å². The van der Waals surface area contributed by atoms with E-state index in [1.807, 2.05) is 0 Å². The molecule has 1 aliphatic carbocycles. The second-order valence-electron chi connectivity index (χ2n) is 7.23. The van der Waals surface area contributed by atoms with E-state index in [0.29, 0.717) is 10.9 Å². The molecule has 5 rings (SSSR count). The summed E-state index contributed by atoms with van der Waals surface area (Å²) in [7, 11) is 0. The number of hydrogen-bond donors (Lipinski definition) is 4. The number of fused-ring (bicyclic) bond motifs is 1. The van der Waals surface area contributed by atoms with Crippen molar-refractivity contribution in [2.24, 2.45) is 4.99 Å². The molecule has 1 aromatic carbocycles. The number of nitrogens with zero attached hydrogens (tertiary/aromatic N) is 5. The highest BCUT2D eigenvalue weighted by atomic mass is 19.4. The lowest BCUT2D eigenvalue weighted by atomic mass is 10.3. The normalized spacial score (nSPS) is 15.4. The summed E-state index contributed by atoms with van der Waals surface area (Å²) in [6.07, 6.45) is -0.0850. The number of anilines is 2. The van der Waals surface area contributed by atoms with Crippen LogP contribution in [0.4, 0.5) is 24.8 Å². The monoisotopic (exact) mass is 460 g/mol. The van der Waals surface area contributed by atoms with Crippen molar-refractivity contribution in [2.45, 2.75) is 25.2 Å². The van der Waals surface area contributed by atoms with Gasteiger partial charge in [-0.1, -0.05) is 6.07 Å². The first kappa shape index (κ1) is 20.5. The molecule has 3 aromatic heterocycles. The van der Waals surface area contributed by atoms with E-state index in [2.05, 4.69) is 40.1 Å². The van der Waals surface area contributed by atoms with Gasteiger partial charge in [0.05, 0.1) is 12.2 Å². The van der Waals surface area contributed by atoms with E-state index in [-0.39, 0.29) is 34.9 Å². The summed E-state index contributed by atoms with van der Waals surface area (Å²) < 4.78 is 43.0. The van der Waals surface area contributed by atoms with Gasteiger partial charge in [0.25, 0.3) is 5.62 Å². The van der Waals surface area contributed by atoms with Crippen molar-refractivity contribution in [1.29, 1.82) is 0 Å². The van der Waals surface area contributed by atoms with Crippen LogP contribution < -0.4 is 26.6 Å². The number of aromatic nitrogens is 6. The Hall–Kier alpha value is -4.36. The zero-order chi connectivity index (χ0) is 23.2. The smallest absolute Gasteiger partial charge is 0.493 e. The lowest BCUT2D eigenvalue weighted by Crippen LogP contribution is -2.24. The van der Waals surface area contributed by atoms with Crippen LogP contribution in [0.2, 0.25) is 0 Å². The van der Waals surface area contributed by atoms with E-state index in [0.717, 1.165) is 18.9 Å². The maximum Gasteiger partial charge on any atom is 0.573 e. The van der Waals surface area contributed by atoms with Crippen molar-refractivity contribution in [3.8, 4) is 11.6 Å². The van der Waals surface area contributed by atoms with E-state index in [1.165, 1.54) is 35.0 Å². The van der Waals surface area contributed by atoms with Crippen molar-refractivity contribution in [3.05, 3.63) is 57.5 Å². The van der Waals surface area contributed by atoms with Crippen LogP contribution in [0, 0.1) is 0 Å². The SMILES string of the molecule is O=c1[nH]c(O)c(C=c2cnn3c(=NC4CC4)nc(Nc4cccc(OC(F)(F)F)c4)nc23)[nH]1. The van der Waals surface area contributed by atoms with Crippen LogP contribution in [-0.4, -0.2) is 47.1 Å². The number of halogens is 3. The molecule has 170 valence electrons. The van der Waals surface area contributed by atoms with Crippen LogP contribution in [-0.2, 0) is 0 Å². The van der Waals surface area contributed by atoms with Gasteiger partial charge in [-0.25, -0.2) is 9.79 Å². The molecule has 11 nitrogen and oxygen atoms in total. The van der Waals surface area contributed by atoms with Crippen LogP contribution in [0.25, 0.3) is 11.7 Å². The highest BCUT2D eigenvalue weighted by Gasteiger charge is 2.31. The molecule has 0 spiro atoms. The molecule has 0 radical (unpaired) electrons. The fourth-order valence-corrected chi connectivity index (χ4v) is 3.04. The van der Waals surface area contributed by atoms with Gasteiger partial charge in [0.15, 0.2) is 5.65 Å². The third-order valence-electron chi connectivity index (χ3n) is 4.58. The maximum atomic E-state index is 12.5. The predicted octanol–water partition coefficient (Wildman–Crippen LogP) is 1.10. The summed E-state index contributed by atoms with van der Waals surface area (Å²) in [5, 5.41) is 17.4. The first-order chi connectivity index (χ1) is 15.7. The molecular formula is C19H15F3N8O3. The van der Waals surface area contributed by atoms with Crippen LogP contribution in [0.1, 0.15) is 18.5 Å². The summed E-state index contributed by atoms with van der Waals surface area (Å²) in [6.45, 7) is 0. The number of alkyl halides is 3. The van der Waals surface area contributed by atoms with Gasteiger partial charge in [-0.15, -0.1) is 13.2 Å². The number of benzene rings is 1. The second kappa shape index (κ2) is 7.65. The van der Waals surface area contributed by atoms with E-state index in [4.69, 9.17) is 0 Å². The third kappa shape index (κ3) is 4.63. The Kier molecular flexibility index (Phi) is 4.76. The van der Waals surface area contributed by atoms with Crippen molar-refractivity contribution in [1.82, 2.24) is 29.5 Å². The van der Waals surface area contributed by atoms with Crippen LogP contribution in [0.15, 0.2) is 40.2 Å². The summed E-state index contributed by atoms with van der Waals surface area (Å²) in [5.41, 5.74) is 0.351. The first-order valence-electron chi connectivity index (χ1n) is 9.69. The Balaban J connectivity index is 1.59. The molecule has 0 atom stereocenters. The Morgan fingerprint density at radius 1 is 1.27 bits per heavy atom. The van der Waals surface area contributed by atoms with Crippen molar-refractivity contribution >= 4 is 23.4 Å². The average molecular weight is 460 g/mol. The fraction of sp³-hybridized carbons (Fsp3) is 0.211. The molecule has 3 heterocycles. The zero-order valence-electron chi connectivity index (χ0n) is 16.6. The summed E-state index contributed by atoms with van der Waals surface area (Å²) in [4.78, 5) is 29.3. The number of rotatable bonds is 5. The summed E-state index contributed by atoms with van der Waals surface area (Å²) in [5.74, 6) is -0.689.